The first-order chi connectivity index (χ1) is 9.01. The Labute approximate surface area is 113 Å². The highest BCUT2D eigenvalue weighted by Crippen LogP contribution is 2.28. The van der Waals surface area contributed by atoms with Crippen LogP contribution in [0.15, 0.2) is 18.2 Å². The maximum Gasteiger partial charge on any atom is 0.292 e. The van der Waals surface area contributed by atoms with Crippen LogP contribution in [0.5, 0.6) is 0 Å². The summed E-state index contributed by atoms with van der Waals surface area (Å²) in [6, 6.07) is 5.43. The second-order valence-corrected chi connectivity index (χ2v) is 5.51. The number of likely N-dealkylation sites (tertiary alicyclic amines) is 1. The van der Waals surface area contributed by atoms with Crippen molar-refractivity contribution in [2.75, 3.05) is 25.5 Å². The molecule has 0 radical (unpaired) electrons. The van der Waals surface area contributed by atoms with Gasteiger partial charge >= 0.3 is 0 Å². The molecule has 1 saturated heterocycles. The quantitative estimate of drug-likeness (QED) is 0.670. The summed E-state index contributed by atoms with van der Waals surface area (Å²) in [7, 11) is 1.70. The number of nitrogens with one attached hydrogen (secondary N) is 1. The lowest BCUT2D eigenvalue weighted by Crippen LogP contribution is -2.20. The highest BCUT2D eigenvalue weighted by Gasteiger charge is 2.26. The van der Waals surface area contributed by atoms with Crippen LogP contribution < -0.4 is 5.32 Å². The van der Waals surface area contributed by atoms with Gasteiger partial charge in [0.25, 0.3) is 5.69 Å². The smallest absolute Gasteiger partial charge is 0.292 e. The number of hydrogen-bond donors (Lipinski definition) is 1. The Morgan fingerprint density at radius 3 is 2.53 bits per heavy atom. The third-order valence-electron chi connectivity index (χ3n) is 4.00. The predicted octanol–water partition coefficient (Wildman–Crippen LogP) is 2.72. The molecule has 2 atom stereocenters. The van der Waals surface area contributed by atoms with Crippen molar-refractivity contribution in [3.05, 3.63) is 33.9 Å². The molecule has 0 saturated carbocycles. The first kappa shape index (κ1) is 13.8. The van der Waals surface area contributed by atoms with Crippen LogP contribution in [-0.4, -0.2) is 30.0 Å². The summed E-state index contributed by atoms with van der Waals surface area (Å²) in [5.41, 5.74) is 1.73. The van der Waals surface area contributed by atoms with Crippen molar-refractivity contribution in [3.63, 3.8) is 0 Å². The maximum absolute atomic E-state index is 11.0. The zero-order chi connectivity index (χ0) is 14.0. The summed E-state index contributed by atoms with van der Waals surface area (Å²) >= 11 is 0. The van der Waals surface area contributed by atoms with E-state index < -0.39 is 0 Å². The van der Waals surface area contributed by atoms with Crippen molar-refractivity contribution >= 4 is 11.4 Å². The number of anilines is 1. The number of nitrogens with zero attached hydrogens (tertiary/aromatic N) is 2. The Morgan fingerprint density at radius 1 is 1.37 bits per heavy atom. The maximum atomic E-state index is 11.0. The normalized spacial score (nSPS) is 23.5. The molecule has 5 heteroatoms. The van der Waals surface area contributed by atoms with Crippen LogP contribution in [-0.2, 0) is 6.54 Å². The van der Waals surface area contributed by atoms with Gasteiger partial charge < -0.3 is 5.32 Å². The van der Waals surface area contributed by atoms with E-state index >= 15 is 0 Å². The summed E-state index contributed by atoms with van der Waals surface area (Å²) in [6.07, 6.45) is 0. The van der Waals surface area contributed by atoms with E-state index in [1.165, 1.54) is 0 Å². The fraction of sp³-hybridized carbons (Fsp3) is 0.571. The number of rotatable bonds is 4. The average Bonchev–Trinajstić information content (AvgIpc) is 2.68. The zero-order valence-electron chi connectivity index (χ0n) is 11.7. The molecule has 19 heavy (non-hydrogen) atoms. The fourth-order valence-corrected chi connectivity index (χ4v) is 2.67. The summed E-state index contributed by atoms with van der Waals surface area (Å²) in [5, 5.41) is 13.9. The number of nitro benzene ring substituents is 1. The van der Waals surface area contributed by atoms with Gasteiger partial charge in [-0.1, -0.05) is 19.9 Å². The zero-order valence-corrected chi connectivity index (χ0v) is 11.7. The molecule has 1 heterocycles. The second kappa shape index (κ2) is 5.57. The molecular formula is C14H21N3O2. The van der Waals surface area contributed by atoms with Gasteiger partial charge in [-0.25, -0.2) is 0 Å². The number of benzene rings is 1. The first-order valence-electron chi connectivity index (χ1n) is 6.68. The predicted molar refractivity (Wildman–Crippen MR) is 76.2 cm³/mol. The molecule has 104 valence electrons. The van der Waals surface area contributed by atoms with Gasteiger partial charge in [-0.2, -0.15) is 0 Å². The average molecular weight is 263 g/mol. The Bertz CT molecular complexity index is 466. The van der Waals surface area contributed by atoms with Crippen molar-refractivity contribution < 1.29 is 4.92 Å². The van der Waals surface area contributed by atoms with Crippen molar-refractivity contribution in [2.24, 2.45) is 11.8 Å². The Kier molecular flexibility index (Phi) is 4.04. The molecule has 1 aromatic carbocycles. The Hall–Kier alpha value is -1.62. The SMILES string of the molecule is CNc1ccc(CN2CC(C)C(C)C2)cc1[N+](=O)[O-]. The fourth-order valence-electron chi connectivity index (χ4n) is 2.67. The summed E-state index contributed by atoms with van der Waals surface area (Å²) in [4.78, 5) is 13.1. The van der Waals surface area contributed by atoms with Crippen LogP contribution >= 0.6 is 0 Å². The topological polar surface area (TPSA) is 58.4 Å². The van der Waals surface area contributed by atoms with Crippen molar-refractivity contribution in [2.45, 2.75) is 20.4 Å². The van der Waals surface area contributed by atoms with E-state index in [1.807, 2.05) is 6.07 Å². The first-order valence-corrected chi connectivity index (χ1v) is 6.68. The summed E-state index contributed by atoms with van der Waals surface area (Å²) in [5.74, 6) is 1.40. The molecule has 2 rings (SSSR count). The number of nitro groups is 1. The van der Waals surface area contributed by atoms with Crippen LogP contribution in [0.4, 0.5) is 11.4 Å². The minimum atomic E-state index is -0.329. The van der Waals surface area contributed by atoms with Gasteiger partial charge in [0.2, 0.25) is 0 Å². The van der Waals surface area contributed by atoms with E-state index in [1.54, 1.807) is 19.2 Å². The Morgan fingerprint density at radius 2 is 2.00 bits per heavy atom. The monoisotopic (exact) mass is 263 g/mol. The third-order valence-corrected chi connectivity index (χ3v) is 4.00. The minimum Gasteiger partial charge on any atom is -0.383 e. The third kappa shape index (κ3) is 3.04. The Balaban J connectivity index is 2.13. The molecule has 0 aromatic heterocycles. The van der Waals surface area contributed by atoms with Gasteiger partial charge in [0.1, 0.15) is 5.69 Å². The lowest BCUT2D eigenvalue weighted by molar-refractivity contribution is -0.384. The van der Waals surface area contributed by atoms with Crippen LogP contribution in [0.1, 0.15) is 19.4 Å². The molecule has 1 fully saturated rings. The molecule has 1 N–H and O–H groups in total. The van der Waals surface area contributed by atoms with Gasteiger partial charge in [0.15, 0.2) is 0 Å². The molecule has 0 aliphatic carbocycles. The molecule has 0 amide bonds. The standard InChI is InChI=1S/C14H21N3O2/c1-10-7-16(8-11(10)2)9-12-4-5-13(15-3)14(6-12)17(18)19/h4-6,10-11,15H,7-9H2,1-3H3. The van der Waals surface area contributed by atoms with Crippen LogP contribution in [0.2, 0.25) is 0 Å². The summed E-state index contributed by atoms with van der Waals surface area (Å²) in [6.45, 7) is 7.46. The highest BCUT2D eigenvalue weighted by molar-refractivity contribution is 5.62. The van der Waals surface area contributed by atoms with E-state index in [0.717, 1.165) is 25.2 Å². The van der Waals surface area contributed by atoms with Crippen LogP contribution in [0.25, 0.3) is 0 Å². The van der Waals surface area contributed by atoms with Gasteiger partial charge in [-0.15, -0.1) is 0 Å². The van der Waals surface area contributed by atoms with E-state index in [2.05, 4.69) is 24.1 Å². The van der Waals surface area contributed by atoms with E-state index in [4.69, 9.17) is 0 Å². The molecule has 0 spiro atoms. The highest BCUT2D eigenvalue weighted by atomic mass is 16.6. The van der Waals surface area contributed by atoms with Crippen molar-refractivity contribution in [3.8, 4) is 0 Å². The van der Waals surface area contributed by atoms with Gasteiger partial charge in [-0.05, 0) is 23.5 Å². The minimum absolute atomic E-state index is 0.153. The van der Waals surface area contributed by atoms with Gasteiger partial charge in [0.05, 0.1) is 4.92 Å². The molecule has 2 unspecified atom stereocenters. The lowest BCUT2D eigenvalue weighted by atomic mass is 10.0. The van der Waals surface area contributed by atoms with Gasteiger partial charge in [-0.3, -0.25) is 15.0 Å². The molecule has 1 aliphatic heterocycles. The summed E-state index contributed by atoms with van der Waals surface area (Å²) < 4.78 is 0. The lowest BCUT2D eigenvalue weighted by Gasteiger charge is -2.15. The molecule has 0 bridgehead atoms. The molecule has 1 aliphatic rings. The molecule has 1 aromatic rings. The van der Waals surface area contributed by atoms with E-state index in [9.17, 15) is 10.1 Å². The number of hydrogen-bond acceptors (Lipinski definition) is 4. The van der Waals surface area contributed by atoms with Crippen LogP contribution in [0.3, 0.4) is 0 Å². The largest absolute Gasteiger partial charge is 0.383 e. The van der Waals surface area contributed by atoms with E-state index in [0.29, 0.717) is 17.5 Å². The van der Waals surface area contributed by atoms with E-state index in [-0.39, 0.29) is 10.6 Å². The molecular weight excluding hydrogens is 242 g/mol. The van der Waals surface area contributed by atoms with Crippen LogP contribution in [0, 0.1) is 22.0 Å². The second-order valence-electron chi connectivity index (χ2n) is 5.51. The van der Waals surface area contributed by atoms with Crippen molar-refractivity contribution in [1.29, 1.82) is 0 Å². The van der Waals surface area contributed by atoms with Crippen molar-refractivity contribution in [1.82, 2.24) is 4.90 Å². The van der Waals surface area contributed by atoms with Gasteiger partial charge in [0, 0.05) is 32.7 Å². The molecule has 5 nitrogen and oxygen atoms in total.